The number of carbonyl (C=O) groups excluding carboxylic acids is 2. The quantitative estimate of drug-likeness (QED) is 0.666. The smallest absolute Gasteiger partial charge is 0.237 e. The molecule has 0 spiro atoms. The van der Waals surface area contributed by atoms with Crippen LogP contribution in [-0.4, -0.2) is 35.1 Å². The van der Waals surface area contributed by atoms with E-state index in [9.17, 15) is 9.59 Å². The van der Waals surface area contributed by atoms with Crippen molar-refractivity contribution >= 4 is 27.7 Å². The van der Waals surface area contributed by atoms with E-state index in [1.807, 2.05) is 0 Å². The summed E-state index contributed by atoms with van der Waals surface area (Å²) in [6.45, 7) is 2.30. The molecule has 2 amide bonds. The van der Waals surface area contributed by atoms with E-state index in [-0.39, 0.29) is 17.8 Å². The topological polar surface area (TPSA) is 63.4 Å². The number of halogens is 1. The average Bonchev–Trinajstić information content (AvgIpc) is 1.98. The summed E-state index contributed by atoms with van der Waals surface area (Å²) in [6.07, 6.45) is 0. The fourth-order valence-electron chi connectivity index (χ4n) is 0.649. The number of likely N-dealkylation sites (N-methyl/N-ethyl adjacent to an activating group) is 1. The first kappa shape index (κ1) is 10.4. The molecule has 0 unspecified atom stereocenters. The van der Waals surface area contributed by atoms with E-state index in [1.54, 1.807) is 6.92 Å². The third-order valence-electron chi connectivity index (χ3n) is 1.20. The minimum Gasteiger partial charge on any atom is -0.368 e. The minimum absolute atomic E-state index is 0.000926. The van der Waals surface area contributed by atoms with Crippen molar-refractivity contribution in [3.8, 4) is 0 Å². The highest BCUT2D eigenvalue weighted by Crippen LogP contribution is 1.92. The van der Waals surface area contributed by atoms with Crippen LogP contribution in [0.3, 0.4) is 0 Å². The number of hydrogen-bond donors (Lipinski definition) is 1. The number of carbonyl (C=O) groups is 2. The Hall–Kier alpha value is -0.580. The lowest BCUT2D eigenvalue weighted by Crippen LogP contribution is -2.38. The normalized spacial score (nSPS) is 9.27. The van der Waals surface area contributed by atoms with E-state index >= 15 is 0 Å². The van der Waals surface area contributed by atoms with Crippen molar-refractivity contribution < 1.29 is 9.59 Å². The van der Waals surface area contributed by atoms with Crippen molar-refractivity contribution in [1.29, 1.82) is 0 Å². The molecule has 0 aliphatic carbocycles. The van der Waals surface area contributed by atoms with E-state index in [4.69, 9.17) is 5.73 Å². The summed E-state index contributed by atoms with van der Waals surface area (Å²) in [4.78, 5) is 22.7. The molecule has 0 heterocycles. The maximum absolute atomic E-state index is 10.9. The van der Waals surface area contributed by atoms with Crippen LogP contribution in [0.4, 0.5) is 0 Å². The van der Waals surface area contributed by atoms with Gasteiger partial charge in [0.25, 0.3) is 0 Å². The molecule has 0 saturated carbocycles. The Labute approximate surface area is 73.9 Å². The monoisotopic (exact) mass is 222 g/mol. The summed E-state index contributed by atoms with van der Waals surface area (Å²) in [5.74, 6) is -0.604. The Morgan fingerprint density at radius 1 is 1.55 bits per heavy atom. The zero-order valence-electron chi connectivity index (χ0n) is 6.34. The van der Waals surface area contributed by atoms with Crippen LogP contribution in [0.2, 0.25) is 0 Å². The van der Waals surface area contributed by atoms with Crippen LogP contribution in [0.25, 0.3) is 0 Å². The number of alkyl halides is 1. The van der Waals surface area contributed by atoms with Gasteiger partial charge >= 0.3 is 0 Å². The van der Waals surface area contributed by atoms with Crippen molar-refractivity contribution in [1.82, 2.24) is 4.90 Å². The van der Waals surface area contributed by atoms with Gasteiger partial charge in [-0.15, -0.1) is 0 Å². The van der Waals surface area contributed by atoms with E-state index in [0.717, 1.165) is 0 Å². The van der Waals surface area contributed by atoms with Gasteiger partial charge in [0.1, 0.15) is 0 Å². The summed E-state index contributed by atoms with van der Waals surface area (Å²) in [7, 11) is 0. The van der Waals surface area contributed by atoms with E-state index < -0.39 is 5.91 Å². The van der Waals surface area contributed by atoms with Crippen molar-refractivity contribution in [3.05, 3.63) is 0 Å². The molecule has 0 aromatic rings. The number of hydrogen-bond acceptors (Lipinski definition) is 2. The number of rotatable bonds is 4. The molecule has 0 aliphatic heterocycles. The van der Waals surface area contributed by atoms with Crippen molar-refractivity contribution in [2.75, 3.05) is 18.4 Å². The predicted octanol–water partition coefficient (Wildman–Crippen LogP) is -0.285. The highest BCUT2D eigenvalue weighted by atomic mass is 79.9. The first-order valence-electron chi connectivity index (χ1n) is 3.23. The van der Waals surface area contributed by atoms with Crippen molar-refractivity contribution in [2.24, 2.45) is 5.73 Å². The van der Waals surface area contributed by atoms with Gasteiger partial charge in [0.05, 0.1) is 11.9 Å². The number of primary amides is 1. The molecule has 0 fully saturated rings. The third-order valence-corrected chi connectivity index (χ3v) is 1.68. The Bertz CT molecular complexity index is 161. The molecule has 0 saturated heterocycles. The van der Waals surface area contributed by atoms with Gasteiger partial charge in [-0.2, -0.15) is 0 Å². The average molecular weight is 223 g/mol. The lowest BCUT2D eigenvalue weighted by atomic mass is 10.4. The lowest BCUT2D eigenvalue weighted by Gasteiger charge is -2.17. The van der Waals surface area contributed by atoms with Gasteiger partial charge in [0, 0.05) is 6.54 Å². The number of amides is 2. The zero-order valence-corrected chi connectivity index (χ0v) is 7.93. The summed E-state index contributed by atoms with van der Waals surface area (Å²) in [5.41, 5.74) is 4.91. The minimum atomic E-state index is -0.485. The molecule has 0 radical (unpaired) electrons. The Balaban J connectivity index is 3.94. The largest absolute Gasteiger partial charge is 0.368 e. The van der Waals surface area contributed by atoms with Gasteiger partial charge in [-0.3, -0.25) is 9.59 Å². The Kier molecular flexibility index (Phi) is 4.85. The second kappa shape index (κ2) is 5.12. The highest BCUT2D eigenvalue weighted by Gasteiger charge is 2.11. The molecule has 0 bridgehead atoms. The molecule has 0 rings (SSSR count). The van der Waals surface area contributed by atoms with Crippen LogP contribution in [0.15, 0.2) is 0 Å². The van der Waals surface area contributed by atoms with Gasteiger partial charge in [-0.05, 0) is 6.92 Å². The molecule has 64 valence electrons. The fraction of sp³-hybridized carbons (Fsp3) is 0.667. The molecule has 5 heteroatoms. The van der Waals surface area contributed by atoms with Crippen LogP contribution in [0, 0.1) is 0 Å². The van der Waals surface area contributed by atoms with E-state index in [1.165, 1.54) is 4.90 Å². The number of nitrogens with two attached hydrogens (primary N) is 1. The van der Waals surface area contributed by atoms with Gasteiger partial charge in [-0.1, -0.05) is 15.9 Å². The summed E-state index contributed by atoms with van der Waals surface area (Å²) in [6, 6.07) is 0. The molecular formula is C6H11BrN2O2. The second-order valence-electron chi connectivity index (χ2n) is 2.01. The third kappa shape index (κ3) is 3.98. The molecular weight excluding hydrogens is 212 g/mol. The summed E-state index contributed by atoms with van der Waals surface area (Å²) >= 11 is 3.00. The van der Waals surface area contributed by atoms with Gasteiger partial charge < -0.3 is 10.6 Å². The molecule has 11 heavy (non-hydrogen) atoms. The van der Waals surface area contributed by atoms with Crippen LogP contribution < -0.4 is 5.73 Å². The van der Waals surface area contributed by atoms with E-state index in [0.29, 0.717) is 6.54 Å². The second-order valence-corrected chi connectivity index (χ2v) is 2.57. The van der Waals surface area contributed by atoms with Crippen LogP contribution in [0.5, 0.6) is 0 Å². The highest BCUT2D eigenvalue weighted by molar-refractivity contribution is 9.09. The first-order chi connectivity index (χ1) is 5.11. The zero-order chi connectivity index (χ0) is 8.85. The fourth-order valence-corrected chi connectivity index (χ4v) is 1.00. The van der Waals surface area contributed by atoms with Gasteiger partial charge in [-0.25, -0.2) is 0 Å². The van der Waals surface area contributed by atoms with Crippen LogP contribution >= 0.6 is 15.9 Å². The molecule has 0 aromatic heterocycles. The maximum Gasteiger partial charge on any atom is 0.237 e. The van der Waals surface area contributed by atoms with Crippen molar-refractivity contribution in [3.63, 3.8) is 0 Å². The first-order valence-corrected chi connectivity index (χ1v) is 4.36. The Morgan fingerprint density at radius 3 is 2.36 bits per heavy atom. The van der Waals surface area contributed by atoms with E-state index in [2.05, 4.69) is 15.9 Å². The summed E-state index contributed by atoms with van der Waals surface area (Å²) in [5, 5.41) is 0.230. The molecule has 0 atom stereocenters. The molecule has 2 N–H and O–H groups in total. The lowest BCUT2D eigenvalue weighted by molar-refractivity contribution is -0.132. The summed E-state index contributed by atoms with van der Waals surface area (Å²) < 4.78 is 0. The predicted molar refractivity (Wildman–Crippen MR) is 45.2 cm³/mol. The molecule has 0 aromatic carbocycles. The van der Waals surface area contributed by atoms with Crippen LogP contribution in [0.1, 0.15) is 6.92 Å². The maximum atomic E-state index is 10.9. The molecule has 0 aliphatic rings. The van der Waals surface area contributed by atoms with Gasteiger partial charge in [0.2, 0.25) is 11.8 Å². The van der Waals surface area contributed by atoms with Crippen molar-refractivity contribution in [2.45, 2.75) is 6.92 Å². The SMILES string of the molecule is CCN(CC(N)=O)C(=O)CBr. The van der Waals surface area contributed by atoms with Crippen LogP contribution in [-0.2, 0) is 9.59 Å². The molecule has 4 nitrogen and oxygen atoms in total. The Morgan fingerprint density at radius 2 is 2.09 bits per heavy atom. The number of nitrogens with zero attached hydrogens (tertiary/aromatic N) is 1. The van der Waals surface area contributed by atoms with Gasteiger partial charge in [0.15, 0.2) is 0 Å². The standard InChI is InChI=1S/C6H11BrN2O2/c1-2-9(4-5(8)10)6(11)3-7/h2-4H2,1H3,(H2,8,10).